The van der Waals surface area contributed by atoms with Crippen molar-refractivity contribution in [2.45, 2.75) is 11.2 Å². The molecule has 0 bridgehead atoms. The maximum atomic E-state index is 8.43. The summed E-state index contributed by atoms with van der Waals surface area (Å²) in [6.45, 7) is 4.01. The maximum Gasteiger partial charge on any atom is 0.174 e. The number of halogens is 1. The molecule has 0 fully saturated rings. The van der Waals surface area contributed by atoms with Crippen LogP contribution < -0.4 is 10.1 Å². The number of nitriles is 1. The summed E-state index contributed by atoms with van der Waals surface area (Å²) in [5.74, 6) is 0.689. The second kappa shape index (κ2) is 7.84. The summed E-state index contributed by atoms with van der Waals surface area (Å²) in [6, 6.07) is 9.48. The number of hydrogen-bond acceptors (Lipinski definition) is 3. The van der Waals surface area contributed by atoms with E-state index in [1.54, 1.807) is 0 Å². The van der Waals surface area contributed by atoms with Crippen LogP contribution in [0.4, 0.5) is 0 Å². The standard InChI is InChI=1S/C14H12BrN2O.Y/c1-10-13(15)6-7-14(17-10)11-2-4-12(5-3-11)18-9-8-16;/h2-5,13,17H,1,6,9H2;/q-1;. The molecule has 0 amide bonds. The van der Waals surface area contributed by atoms with Gasteiger partial charge in [0.05, 0.1) is 0 Å². The van der Waals surface area contributed by atoms with Crippen molar-refractivity contribution >= 4 is 21.6 Å². The molecule has 0 saturated heterocycles. The van der Waals surface area contributed by atoms with Crippen molar-refractivity contribution in [2.24, 2.45) is 0 Å². The van der Waals surface area contributed by atoms with Gasteiger partial charge in [-0.2, -0.15) is 10.8 Å². The van der Waals surface area contributed by atoms with Gasteiger partial charge in [0, 0.05) is 43.2 Å². The summed E-state index contributed by atoms with van der Waals surface area (Å²) in [6.07, 6.45) is 4.08. The van der Waals surface area contributed by atoms with Crippen LogP contribution in [0.3, 0.4) is 0 Å². The Morgan fingerprint density at radius 1 is 1.47 bits per heavy atom. The largest absolute Gasteiger partial charge is 0.479 e. The molecular weight excluding hydrogens is 381 g/mol. The van der Waals surface area contributed by atoms with Crippen LogP contribution in [0.5, 0.6) is 5.75 Å². The Bertz CT molecular complexity index is 519. The van der Waals surface area contributed by atoms with Gasteiger partial charge in [-0.05, 0) is 12.1 Å². The van der Waals surface area contributed by atoms with E-state index in [9.17, 15) is 0 Å². The van der Waals surface area contributed by atoms with Crippen LogP contribution in [-0.4, -0.2) is 11.4 Å². The Morgan fingerprint density at radius 2 is 2.16 bits per heavy atom. The van der Waals surface area contributed by atoms with Crippen LogP contribution in [0.15, 0.2) is 36.5 Å². The van der Waals surface area contributed by atoms with Gasteiger partial charge in [-0.3, -0.25) is 0 Å². The number of hydrogen-bond donors (Lipinski definition) is 1. The number of nitrogens with one attached hydrogen (secondary N) is 1. The fourth-order valence-corrected chi connectivity index (χ4v) is 1.88. The van der Waals surface area contributed by atoms with Crippen molar-refractivity contribution in [1.82, 2.24) is 5.32 Å². The monoisotopic (exact) mass is 392 g/mol. The molecule has 3 nitrogen and oxygen atoms in total. The smallest absolute Gasteiger partial charge is 0.174 e. The van der Waals surface area contributed by atoms with Gasteiger partial charge in [-0.1, -0.05) is 28.9 Å². The summed E-state index contributed by atoms with van der Waals surface area (Å²) in [5, 5.41) is 11.6. The van der Waals surface area contributed by atoms with Crippen LogP contribution in [0, 0.1) is 17.4 Å². The first-order valence-electron chi connectivity index (χ1n) is 5.51. The first kappa shape index (κ1) is 16.4. The Balaban J connectivity index is 0.00000180. The van der Waals surface area contributed by atoms with E-state index in [1.807, 2.05) is 30.3 Å². The Labute approximate surface area is 146 Å². The van der Waals surface area contributed by atoms with Crippen LogP contribution in [-0.2, 0) is 32.7 Å². The Morgan fingerprint density at radius 3 is 2.74 bits per heavy atom. The molecule has 1 atom stereocenters. The van der Waals surface area contributed by atoms with E-state index < -0.39 is 0 Å². The normalized spacial score (nSPS) is 17.6. The van der Waals surface area contributed by atoms with Crippen LogP contribution in [0.2, 0.25) is 0 Å². The zero-order valence-electron chi connectivity index (χ0n) is 10.3. The fourth-order valence-electron chi connectivity index (χ4n) is 1.61. The van der Waals surface area contributed by atoms with E-state index in [0.717, 1.165) is 23.4 Å². The molecule has 1 radical (unpaired) electrons. The maximum absolute atomic E-state index is 8.43. The molecule has 5 heteroatoms. The van der Waals surface area contributed by atoms with Gasteiger partial charge in [0.1, 0.15) is 11.8 Å². The molecule has 1 aromatic rings. The second-order valence-corrected chi connectivity index (χ2v) is 4.95. The number of ether oxygens (including phenoxy) is 1. The van der Waals surface area contributed by atoms with Gasteiger partial charge in [0.25, 0.3) is 0 Å². The number of benzene rings is 1. The number of nitrogens with zero attached hydrogens (tertiary/aromatic N) is 1. The molecule has 95 valence electrons. The topological polar surface area (TPSA) is 45.0 Å². The molecule has 0 aliphatic carbocycles. The molecule has 0 aromatic heterocycles. The van der Waals surface area contributed by atoms with Crippen molar-refractivity contribution in [1.29, 1.82) is 5.26 Å². The van der Waals surface area contributed by atoms with Gasteiger partial charge < -0.3 is 10.1 Å². The van der Waals surface area contributed by atoms with Crippen molar-refractivity contribution in [3.8, 4) is 11.8 Å². The van der Waals surface area contributed by atoms with Crippen molar-refractivity contribution in [3.05, 3.63) is 48.2 Å². The molecule has 1 aliphatic heterocycles. The van der Waals surface area contributed by atoms with Gasteiger partial charge in [0.15, 0.2) is 6.61 Å². The van der Waals surface area contributed by atoms with E-state index in [0.29, 0.717) is 5.75 Å². The first-order chi connectivity index (χ1) is 8.70. The molecule has 1 unspecified atom stereocenters. The quantitative estimate of drug-likeness (QED) is 0.635. The van der Waals surface area contributed by atoms with E-state index in [4.69, 9.17) is 10.00 Å². The number of allylic oxidation sites excluding steroid dienone is 2. The van der Waals surface area contributed by atoms with Crippen molar-refractivity contribution in [3.63, 3.8) is 0 Å². The van der Waals surface area contributed by atoms with Crippen LogP contribution >= 0.6 is 15.9 Å². The molecule has 0 spiro atoms. The zero-order chi connectivity index (χ0) is 13.0. The van der Waals surface area contributed by atoms with E-state index in [1.165, 1.54) is 0 Å². The van der Waals surface area contributed by atoms with E-state index in [2.05, 4.69) is 33.9 Å². The third-order valence-electron chi connectivity index (χ3n) is 2.57. The predicted molar refractivity (Wildman–Crippen MR) is 73.8 cm³/mol. The molecule has 1 aromatic carbocycles. The molecule has 0 saturated carbocycles. The number of rotatable bonds is 3. The zero-order valence-corrected chi connectivity index (χ0v) is 14.7. The fraction of sp³-hybridized carbons (Fsp3) is 0.214. The average molecular weight is 393 g/mol. The molecule has 1 aliphatic rings. The van der Waals surface area contributed by atoms with Gasteiger partial charge in [-0.25, -0.2) is 6.08 Å². The first-order valence-corrected chi connectivity index (χ1v) is 6.43. The van der Waals surface area contributed by atoms with Crippen molar-refractivity contribution in [2.75, 3.05) is 6.61 Å². The molecule has 19 heavy (non-hydrogen) atoms. The van der Waals surface area contributed by atoms with E-state index in [-0.39, 0.29) is 44.1 Å². The Hall–Kier alpha value is -0.626. The SMILES string of the molecule is C=C1NC(c2ccc(OCC#N)cc2)=[C-]CC1Br.[Y]. The summed E-state index contributed by atoms with van der Waals surface area (Å²) in [5.41, 5.74) is 2.90. The van der Waals surface area contributed by atoms with Gasteiger partial charge in [-0.15, -0.1) is 17.8 Å². The van der Waals surface area contributed by atoms with E-state index >= 15 is 0 Å². The van der Waals surface area contributed by atoms with Crippen LogP contribution in [0.1, 0.15) is 12.0 Å². The minimum Gasteiger partial charge on any atom is -0.479 e. The summed E-state index contributed by atoms with van der Waals surface area (Å²) >= 11 is 3.51. The second-order valence-electron chi connectivity index (χ2n) is 3.84. The summed E-state index contributed by atoms with van der Waals surface area (Å²) < 4.78 is 5.20. The van der Waals surface area contributed by atoms with Gasteiger partial charge >= 0.3 is 0 Å². The molecular formula is C14H12BrN2OY-. The third kappa shape index (κ3) is 4.45. The van der Waals surface area contributed by atoms with Crippen LogP contribution in [0.25, 0.3) is 5.70 Å². The van der Waals surface area contributed by atoms with Crippen molar-refractivity contribution < 1.29 is 37.4 Å². The molecule has 1 N–H and O–H groups in total. The predicted octanol–water partition coefficient (Wildman–Crippen LogP) is 3.00. The summed E-state index contributed by atoms with van der Waals surface area (Å²) in [4.78, 5) is 0.236. The minimum atomic E-state index is 0. The minimum absolute atomic E-state index is 0. The average Bonchev–Trinajstić information content (AvgIpc) is 2.40. The summed E-state index contributed by atoms with van der Waals surface area (Å²) in [7, 11) is 0. The molecule has 2 rings (SSSR count). The molecule has 1 heterocycles. The number of alkyl halides is 1. The van der Waals surface area contributed by atoms with Gasteiger partial charge in [0.2, 0.25) is 0 Å². The third-order valence-corrected chi connectivity index (χ3v) is 3.44. The Kier molecular flexibility index (Phi) is 6.78.